The monoisotopic (exact) mass is 435 g/mol. The molecule has 156 valence electrons. The van der Waals surface area contributed by atoms with Crippen LogP contribution in [0.1, 0.15) is 30.1 Å². The summed E-state index contributed by atoms with van der Waals surface area (Å²) >= 11 is 5.20. The molecule has 9 heteroatoms. The zero-order valence-electron chi connectivity index (χ0n) is 16.6. The zero-order chi connectivity index (χ0) is 21.4. The average molecular weight is 436 g/mol. The smallest absolute Gasteiger partial charge is 0.261 e. The molecule has 0 aliphatic rings. The van der Waals surface area contributed by atoms with E-state index in [0.717, 1.165) is 17.1 Å². The highest BCUT2D eigenvalue weighted by molar-refractivity contribution is 7.89. The van der Waals surface area contributed by atoms with E-state index in [9.17, 15) is 13.2 Å². The van der Waals surface area contributed by atoms with Crippen molar-refractivity contribution in [3.05, 3.63) is 54.1 Å². The van der Waals surface area contributed by atoms with E-state index in [1.165, 1.54) is 26.2 Å². The number of para-hydroxylation sites is 1. The van der Waals surface area contributed by atoms with Crippen molar-refractivity contribution < 1.29 is 17.9 Å². The maximum atomic E-state index is 12.6. The number of hydrogen-bond acceptors (Lipinski definition) is 5. The molecule has 0 saturated heterocycles. The van der Waals surface area contributed by atoms with Crippen LogP contribution >= 0.6 is 12.2 Å². The van der Waals surface area contributed by atoms with Crippen molar-refractivity contribution in [2.75, 3.05) is 26.0 Å². The third kappa shape index (κ3) is 6.25. The van der Waals surface area contributed by atoms with E-state index in [-0.39, 0.29) is 15.9 Å². The quantitative estimate of drug-likeness (QED) is 0.489. The summed E-state index contributed by atoms with van der Waals surface area (Å²) in [5.74, 6) is 0.112. The van der Waals surface area contributed by atoms with Crippen LogP contribution in [0.25, 0.3) is 0 Å². The standard InChI is InChI=1S/C20H25N3O4S2/c1-4-5-14-27-18-9-7-6-8-17(18)19(24)22-20(28)21-15-10-12-16(13-11-15)29(25,26)23(2)3/h6-13H,4-5,14H2,1-3H3,(H2,21,22,24,28). The number of amides is 1. The molecule has 0 aliphatic heterocycles. The maximum absolute atomic E-state index is 12.6. The van der Waals surface area contributed by atoms with Crippen LogP contribution in [0.4, 0.5) is 5.69 Å². The Kier molecular flexibility index (Phi) is 8.12. The van der Waals surface area contributed by atoms with E-state index >= 15 is 0 Å². The predicted molar refractivity (Wildman–Crippen MR) is 118 cm³/mol. The van der Waals surface area contributed by atoms with Gasteiger partial charge in [0.1, 0.15) is 5.75 Å². The highest BCUT2D eigenvalue weighted by Crippen LogP contribution is 2.19. The fraction of sp³-hybridized carbons (Fsp3) is 0.300. The van der Waals surface area contributed by atoms with Gasteiger partial charge in [-0.3, -0.25) is 10.1 Å². The van der Waals surface area contributed by atoms with Crippen LogP contribution in [-0.4, -0.2) is 44.4 Å². The lowest BCUT2D eigenvalue weighted by molar-refractivity contribution is 0.0973. The number of benzene rings is 2. The molecule has 1 amide bonds. The first kappa shape index (κ1) is 22.8. The normalized spacial score (nSPS) is 11.2. The molecule has 0 radical (unpaired) electrons. The Morgan fingerprint density at radius 2 is 1.76 bits per heavy atom. The Morgan fingerprint density at radius 1 is 1.10 bits per heavy atom. The number of nitrogens with one attached hydrogen (secondary N) is 2. The van der Waals surface area contributed by atoms with Crippen LogP contribution < -0.4 is 15.4 Å². The first-order valence-electron chi connectivity index (χ1n) is 9.12. The second kappa shape index (κ2) is 10.3. The third-order valence-electron chi connectivity index (χ3n) is 4.00. The van der Waals surface area contributed by atoms with E-state index in [2.05, 4.69) is 17.6 Å². The Morgan fingerprint density at radius 3 is 2.38 bits per heavy atom. The number of rotatable bonds is 8. The third-order valence-corrected chi connectivity index (χ3v) is 6.04. The summed E-state index contributed by atoms with van der Waals surface area (Å²) in [4.78, 5) is 12.7. The van der Waals surface area contributed by atoms with Gasteiger partial charge in [0.25, 0.3) is 5.91 Å². The van der Waals surface area contributed by atoms with Gasteiger partial charge in [-0.15, -0.1) is 0 Å². The molecule has 7 nitrogen and oxygen atoms in total. The van der Waals surface area contributed by atoms with Gasteiger partial charge < -0.3 is 10.1 Å². The number of sulfonamides is 1. The molecule has 0 aromatic heterocycles. The minimum Gasteiger partial charge on any atom is -0.493 e. The van der Waals surface area contributed by atoms with Gasteiger partial charge in [0.2, 0.25) is 10.0 Å². The van der Waals surface area contributed by atoms with Crippen LogP contribution in [-0.2, 0) is 10.0 Å². The minimum atomic E-state index is -3.50. The SMILES string of the molecule is CCCCOc1ccccc1C(=O)NC(=S)Nc1ccc(S(=O)(=O)N(C)C)cc1. The van der Waals surface area contributed by atoms with Crippen LogP contribution in [0.2, 0.25) is 0 Å². The van der Waals surface area contributed by atoms with E-state index in [1.54, 1.807) is 36.4 Å². The predicted octanol–water partition coefficient (Wildman–Crippen LogP) is 3.24. The molecule has 0 bridgehead atoms. The largest absolute Gasteiger partial charge is 0.493 e. The maximum Gasteiger partial charge on any atom is 0.261 e. The number of hydrogen-bond donors (Lipinski definition) is 2. The molecule has 0 fully saturated rings. The van der Waals surface area contributed by atoms with Crippen LogP contribution in [0.5, 0.6) is 5.75 Å². The number of unbranched alkanes of at least 4 members (excludes halogenated alkanes) is 1. The summed E-state index contributed by atoms with van der Waals surface area (Å²) in [5.41, 5.74) is 0.945. The highest BCUT2D eigenvalue weighted by atomic mass is 32.2. The molecule has 0 spiro atoms. The molecule has 2 aromatic rings. The molecular formula is C20H25N3O4S2. The van der Waals surface area contributed by atoms with E-state index in [4.69, 9.17) is 17.0 Å². The molecule has 2 rings (SSSR count). The number of carbonyl (C=O) groups is 1. The van der Waals surface area contributed by atoms with Gasteiger partial charge >= 0.3 is 0 Å². The van der Waals surface area contributed by atoms with Crippen molar-refractivity contribution in [3.8, 4) is 5.75 Å². The fourth-order valence-corrected chi connectivity index (χ4v) is 3.47. The van der Waals surface area contributed by atoms with Gasteiger partial charge in [0.15, 0.2) is 5.11 Å². The Labute approximate surface area is 177 Å². The Balaban J connectivity index is 2.02. The molecule has 2 N–H and O–H groups in total. The second-order valence-electron chi connectivity index (χ2n) is 6.42. The van der Waals surface area contributed by atoms with Crippen LogP contribution in [0.3, 0.4) is 0 Å². The van der Waals surface area contributed by atoms with E-state index in [0.29, 0.717) is 23.6 Å². The summed E-state index contributed by atoms with van der Waals surface area (Å²) < 4.78 is 31.0. The molecule has 0 atom stereocenters. The minimum absolute atomic E-state index is 0.0987. The van der Waals surface area contributed by atoms with Crippen molar-refractivity contribution in [2.45, 2.75) is 24.7 Å². The van der Waals surface area contributed by atoms with Crippen molar-refractivity contribution >= 4 is 38.9 Å². The first-order chi connectivity index (χ1) is 13.8. The topological polar surface area (TPSA) is 87.7 Å². The van der Waals surface area contributed by atoms with Crippen LogP contribution in [0.15, 0.2) is 53.4 Å². The summed E-state index contributed by atoms with van der Waals surface area (Å²) in [6.07, 6.45) is 1.90. The molecule has 29 heavy (non-hydrogen) atoms. The second-order valence-corrected chi connectivity index (χ2v) is 8.98. The van der Waals surface area contributed by atoms with E-state index < -0.39 is 10.0 Å². The molecule has 2 aromatic carbocycles. The number of anilines is 1. The molecular weight excluding hydrogens is 410 g/mol. The lowest BCUT2D eigenvalue weighted by atomic mass is 10.2. The Hall–Kier alpha value is -2.49. The average Bonchev–Trinajstić information content (AvgIpc) is 2.68. The van der Waals surface area contributed by atoms with Gasteiger partial charge in [-0.2, -0.15) is 0 Å². The van der Waals surface area contributed by atoms with Crippen molar-refractivity contribution in [3.63, 3.8) is 0 Å². The van der Waals surface area contributed by atoms with Crippen molar-refractivity contribution in [1.29, 1.82) is 0 Å². The number of carbonyl (C=O) groups excluding carboxylic acids is 1. The van der Waals surface area contributed by atoms with Crippen LogP contribution in [0, 0.1) is 0 Å². The molecule has 0 aliphatic carbocycles. The fourth-order valence-electron chi connectivity index (χ4n) is 2.36. The number of ether oxygens (including phenoxy) is 1. The van der Waals surface area contributed by atoms with E-state index in [1.807, 2.05) is 0 Å². The summed E-state index contributed by atoms with van der Waals surface area (Å²) in [6, 6.07) is 13.1. The van der Waals surface area contributed by atoms with Crippen molar-refractivity contribution in [2.24, 2.45) is 0 Å². The Bertz CT molecular complexity index is 958. The zero-order valence-corrected chi connectivity index (χ0v) is 18.3. The molecule has 0 saturated carbocycles. The van der Waals surface area contributed by atoms with Gasteiger partial charge in [0.05, 0.1) is 17.1 Å². The van der Waals surface area contributed by atoms with Gasteiger partial charge in [-0.1, -0.05) is 25.5 Å². The van der Waals surface area contributed by atoms with Crippen molar-refractivity contribution in [1.82, 2.24) is 9.62 Å². The highest BCUT2D eigenvalue weighted by Gasteiger charge is 2.17. The summed E-state index contributed by atoms with van der Waals surface area (Å²) in [6.45, 7) is 2.60. The van der Waals surface area contributed by atoms with Gasteiger partial charge in [0, 0.05) is 19.8 Å². The summed E-state index contributed by atoms with van der Waals surface area (Å²) in [5, 5.41) is 5.58. The molecule has 0 heterocycles. The van der Waals surface area contributed by atoms with Gasteiger partial charge in [-0.25, -0.2) is 12.7 Å². The van der Waals surface area contributed by atoms with Gasteiger partial charge in [-0.05, 0) is 55.0 Å². The first-order valence-corrected chi connectivity index (χ1v) is 11.0. The lowest BCUT2D eigenvalue weighted by Crippen LogP contribution is -2.34. The summed E-state index contributed by atoms with van der Waals surface area (Å²) in [7, 11) is -0.566. The molecule has 0 unspecified atom stereocenters. The number of nitrogens with zero attached hydrogens (tertiary/aromatic N) is 1. The lowest BCUT2D eigenvalue weighted by Gasteiger charge is -2.14. The number of thiocarbonyl (C=S) groups is 1.